The molecule has 0 saturated heterocycles. The van der Waals surface area contributed by atoms with Crippen LogP contribution in [0.5, 0.6) is 0 Å². The van der Waals surface area contributed by atoms with Crippen molar-refractivity contribution >= 4 is 7.28 Å². The highest BCUT2D eigenvalue weighted by Gasteiger charge is 2.06. The predicted molar refractivity (Wildman–Crippen MR) is 56.5 cm³/mol. The molecule has 0 aromatic heterocycles. The van der Waals surface area contributed by atoms with Crippen LogP contribution in [0.25, 0.3) is 0 Å². The van der Waals surface area contributed by atoms with Gasteiger partial charge in [0.05, 0.1) is 0 Å². The molecule has 0 spiro atoms. The number of hydrogen-bond donors (Lipinski definition) is 0. The van der Waals surface area contributed by atoms with Crippen molar-refractivity contribution in [2.24, 2.45) is 5.92 Å². The van der Waals surface area contributed by atoms with E-state index in [2.05, 4.69) is 39.4 Å². The first kappa shape index (κ1) is 9.63. The molecule has 1 atom stereocenters. The summed E-state index contributed by atoms with van der Waals surface area (Å²) in [6.45, 7) is 4.44. The molecule has 0 aromatic rings. The molecule has 0 amide bonds. The third-order valence-corrected chi connectivity index (χ3v) is 2.32. The fourth-order valence-corrected chi connectivity index (χ4v) is 1.65. The van der Waals surface area contributed by atoms with Crippen LogP contribution in [0.3, 0.4) is 0 Å². The maximum absolute atomic E-state index is 2.37. The van der Waals surface area contributed by atoms with Gasteiger partial charge in [-0.15, -0.1) is 0 Å². The van der Waals surface area contributed by atoms with Gasteiger partial charge in [-0.3, -0.25) is 0 Å². The van der Waals surface area contributed by atoms with Gasteiger partial charge in [-0.1, -0.05) is 50.3 Å². The van der Waals surface area contributed by atoms with E-state index < -0.39 is 0 Å². The minimum atomic E-state index is 0.809. The maximum atomic E-state index is 2.37. The lowest BCUT2D eigenvalue weighted by atomic mass is 9.65. The Hall–Kier alpha value is -0.455. The van der Waals surface area contributed by atoms with E-state index in [0.29, 0.717) is 0 Å². The van der Waals surface area contributed by atoms with Crippen LogP contribution in [0.4, 0.5) is 0 Å². The van der Waals surface area contributed by atoms with Crippen molar-refractivity contribution in [3.05, 3.63) is 23.7 Å². The minimum Gasteiger partial charge on any atom is -0.0920 e. The Kier molecular flexibility index (Phi) is 4.20. The van der Waals surface area contributed by atoms with Crippen LogP contribution >= 0.6 is 0 Å². The largest absolute Gasteiger partial charge is 0.150 e. The van der Waals surface area contributed by atoms with Gasteiger partial charge in [0.15, 0.2) is 7.28 Å². The molecule has 0 nitrogen and oxygen atoms in total. The molecule has 1 heteroatoms. The number of allylic oxidation sites excluding steroid dienone is 4. The molecule has 0 heterocycles. The van der Waals surface area contributed by atoms with E-state index >= 15 is 0 Å². The standard InChI is InChI=1S/C11H18B/c1-3-5-10-6-8-11(9-7-10)12-4-2/h6,8-10H,3-5,7H2,1-2H3. The summed E-state index contributed by atoms with van der Waals surface area (Å²) in [6, 6.07) is 0. The van der Waals surface area contributed by atoms with Gasteiger partial charge in [-0.05, 0) is 18.8 Å². The molecule has 1 aliphatic carbocycles. The lowest BCUT2D eigenvalue weighted by Gasteiger charge is -2.14. The van der Waals surface area contributed by atoms with Crippen LogP contribution < -0.4 is 0 Å². The van der Waals surface area contributed by atoms with Crippen LogP contribution in [0.15, 0.2) is 23.7 Å². The topological polar surface area (TPSA) is 0 Å². The highest BCUT2D eigenvalue weighted by atomic mass is 14.1. The Morgan fingerprint density at radius 3 is 2.83 bits per heavy atom. The van der Waals surface area contributed by atoms with Gasteiger partial charge in [0, 0.05) is 0 Å². The number of rotatable bonds is 4. The van der Waals surface area contributed by atoms with Gasteiger partial charge in [-0.2, -0.15) is 0 Å². The fraction of sp³-hybridized carbons (Fsp3) is 0.636. The lowest BCUT2D eigenvalue weighted by Crippen LogP contribution is -2.02. The second-order valence-electron chi connectivity index (χ2n) is 3.46. The monoisotopic (exact) mass is 161 g/mol. The zero-order chi connectivity index (χ0) is 8.81. The van der Waals surface area contributed by atoms with E-state index in [1.807, 2.05) is 0 Å². The van der Waals surface area contributed by atoms with Crippen LogP contribution in [-0.4, -0.2) is 7.28 Å². The SMILES string of the molecule is CC[B]C1=CCC(CCC)C=C1. The summed E-state index contributed by atoms with van der Waals surface area (Å²) in [5.74, 6) is 0.809. The molecule has 65 valence electrons. The smallest absolute Gasteiger partial charge is 0.0920 e. The van der Waals surface area contributed by atoms with E-state index in [-0.39, 0.29) is 0 Å². The van der Waals surface area contributed by atoms with Crippen molar-refractivity contribution < 1.29 is 0 Å². The van der Waals surface area contributed by atoms with Crippen molar-refractivity contribution in [3.63, 3.8) is 0 Å². The van der Waals surface area contributed by atoms with E-state index in [1.165, 1.54) is 24.7 Å². The minimum absolute atomic E-state index is 0.809. The van der Waals surface area contributed by atoms with Gasteiger partial charge < -0.3 is 0 Å². The second-order valence-corrected chi connectivity index (χ2v) is 3.46. The molecule has 0 saturated carbocycles. The first-order chi connectivity index (χ1) is 5.86. The second kappa shape index (κ2) is 5.24. The van der Waals surface area contributed by atoms with Crippen LogP contribution in [0.1, 0.15) is 33.1 Å². The average molecular weight is 161 g/mol. The summed E-state index contributed by atoms with van der Waals surface area (Å²) in [7, 11) is 2.29. The molecular weight excluding hydrogens is 143 g/mol. The van der Waals surface area contributed by atoms with Gasteiger partial charge in [0.1, 0.15) is 0 Å². The van der Waals surface area contributed by atoms with E-state index in [9.17, 15) is 0 Å². The Balaban J connectivity index is 2.33. The first-order valence-electron chi connectivity index (χ1n) is 5.08. The predicted octanol–water partition coefficient (Wildman–Crippen LogP) is 3.39. The molecule has 1 rings (SSSR count). The molecule has 12 heavy (non-hydrogen) atoms. The Bertz CT molecular complexity index is 179. The zero-order valence-electron chi connectivity index (χ0n) is 8.22. The molecule has 0 N–H and O–H groups in total. The fourth-order valence-electron chi connectivity index (χ4n) is 1.65. The Morgan fingerprint density at radius 1 is 1.50 bits per heavy atom. The third kappa shape index (κ3) is 2.88. The first-order valence-corrected chi connectivity index (χ1v) is 5.08. The van der Waals surface area contributed by atoms with Crippen molar-refractivity contribution in [2.45, 2.75) is 39.4 Å². The van der Waals surface area contributed by atoms with Crippen molar-refractivity contribution in [1.29, 1.82) is 0 Å². The lowest BCUT2D eigenvalue weighted by molar-refractivity contribution is 0.583. The molecule has 0 aliphatic heterocycles. The number of hydrogen-bond acceptors (Lipinski definition) is 0. The summed E-state index contributed by atoms with van der Waals surface area (Å²) < 4.78 is 0. The Labute approximate surface area is 77.0 Å². The van der Waals surface area contributed by atoms with Crippen molar-refractivity contribution in [3.8, 4) is 0 Å². The summed E-state index contributed by atoms with van der Waals surface area (Å²) in [6.07, 6.45) is 12.0. The molecular formula is C11H18B. The highest BCUT2D eigenvalue weighted by Crippen LogP contribution is 2.20. The van der Waals surface area contributed by atoms with Crippen molar-refractivity contribution in [1.82, 2.24) is 0 Å². The summed E-state index contributed by atoms with van der Waals surface area (Å²) in [4.78, 5) is 0. The molecule has 1 aliphatic rings. The molecule has 1 unspecified atom stereocenters. The third-order valence-electron chi connectivity index (χ3n) is 2.32. The van der Waals surface area contributed by atoms with E-state index in [1.54, 1.807) is 0 Å². The van der Waals surface area contributed by atoms with E-state index in [4.69, 9.17) is 0 Å². The summed E-state index contributed by atoms with van der Waals surface area (Å²) in [5, 5.41) is 0. The molecule has 0 aromatic carbocycles. The average Bonchev–Trinajstić information content (AvgIpc) is 2.09. The van der Waals surface area contributed by atoms with Crippen molar-refractivity contribution in [2.75, 3.05) is 0 Å². The van der Waals surface area contributed by atoms with Crippen LogP contribution in [-0.2, 0) is 0 Å². The maximum Gasteiger partial charge on any atom is 0.150 e. The summed E-state index contributed by atoms with van der Waals surface area (Å²) in [5.41, 5.74) is 1.42. The van der Waals surface area contributed by atoms with E-state index in [0.717, 1.165) is 12.2 Å². The summed E-state index contributed by atoms with van der Waals surface area (Å²) >= 11 is 0. The zero-order valence-corrected chi connectivity index (χ0v) is 8.22. The quantitative estimate of drug-likeness (QED) is 0.554. The molecule has 0 bridgehead atoms. The van der Waals surface area contributed by atoms with Gasteiger partial charge in [0.25, 0.3) is 0 Å². The normalized spacial score (nSPS) is 22.2. The van der Waals surface area contributed by atoms with Crippen LogP contribution in [0.2, 0.25) is 6.32 Å². The molecule has 0 fully saturated rings. The van der Waals surface area contributed by atoms with Crippen LogP contribution in [0, 0.1) is 5.92 Å². The van der Waals surface area contributed by atoms with Gasteiger partial charge in [-0.25, -0.2) is 0 Å². The van der Waals surface area contributed by atoms with Gasteiger partial charge in [0.2, 0.25) is 0 Å². The van der Waals surface area contributed by atoms with Gasteiger partial charge >= 0.3 is 0 Å². The molecule has 1 radical (unpaired) electrons. The Morgan fingerprint density at radius 2 is 2.33 bits per heavy atom. The highest BCUT2D eigenvalue weighted by molar-refractivity contribution is 6.46.